The third-order valence-corrected chi connectivity index (χ3v) is 3.61. The molecule has 0 aliphatic heterocycles. The van der Waals surface area contributed by atoms with Crippen molar-refractivity contribution in [3.63, 3.8) is 0 Å². The van der Waals surface area contributed by atoms with Crippen LogP contribution in [0.25, 0.3) is 0 Å². The molecule has 21 heavy (non-hydrogen) atoms. The molecule has 1 saturated carbocycles. The highest BCUT2D eigenvalue weighted by molar-refractivity contribution is 5.87. The van der Waals surface area contributed by atoms with Crippen LogP contribution in [-0.4, -0.2) is 25.4 Å². The average molecular weight is 297 g/mol. The third-order valence-electron chi connectivity index (χ3n) is 3.61. The maximum Gasteiger partial charge on any atom is 0.409 e. The van der Waals surface area contributed by atoms with Gasteiger partial charge in [0.05, 0.1) is 6.61 Å². The second-order valence-corrected chi connectivity index (χ2v) is 5.17. The van der Waals surface area contributed by atoms with Crippen LogP contribution >= 0.6 is 0 Å². The van der Waals surface area contributed by atoms with Gasteiger partial charge in [0.1, 0.15) is 0 Å². The van der Waals surface area contributed by atoms with Gasteiger partial charge in [0, 0.05) is 11.5 Å². The van der Waals surface area contributed by atoms with E-state index in [2.05, 4.69) is 24.0 Å². The van der Waals surface area contributed by atoms with Crippen LogP contribution in [0.5, 0.6) is 0 Å². The molecule has 0 aromatic rings. The minimum absolute atomic E-state index is 0. The van der Waals surface area contributed by atoms with Crippen LogP contribution in [0.3, 0.4) is 0 Å². The third kappa shape index (κ3) is 5.25. The predicted molar refractivity (Wildman–Crippen MR) is 82.6 cm³/mol. The first-order valence-corrected chi connectivity index (χ1v) is 6.48. The molecule has 1 N–H and O–H groups in total. The van der Waals surface area contributed by atoms with Crippen molar-refractivity contribution in [2.45, 2.75) is 34.6 Å². The van der Waals surface area contributed by atoms with Crippen molar-refractivity contribution in [1.82, 2.24) is 5.32 Å². The highest BCUT2D eigenvalue weighted by Gasteiger charge is 2.36. The molecule has 2 aliphatic rings. The summed E-state index contributed by atoms with van der Waals surface area (Å²) < 4.78 is 9.86. The van der Waals surface area contributed by atoms with E-state index >= 15 is 0 Å². The molecule has 2 rings (SSSR count). The first-order chi connectivity index (χ1) is 9.06. The quantitative estimate of drug-likeness (QED) is 0.366. The molecule has 1 amide bonds. The van der Waals surface area contributed by atoms with E-state index in [0.717, 1.165) is 6.42 Å². The lowest BCUT2D eigenvalue weighted by Crippen LogP contribution is -2.30. The molecule has 2 bridgehead atoms. The largest absolute Gasteiger partial charge is 0.449 e. The summed E-state index contributed by atoms with van der Waals surface area (Å²) in [4.78, 5) is 22.4. The standard InChI is InChI=1S/C14H19NO4.2CH4/c1-9(2)13(16)19-8-15-14(17)18-7-12-6-10-3-4-11(12)5-10;;/h3-4,10-12H,1,5-8H2,2H3,(H,15,17);2*1H4. The Kier molecular flexibility index (Phi) is 7.77. The van der Waals surface area contributed by atoms with Gasteiger partial charge in [-0.1, -0.05) is 33.6 Å². The molecule has 3 unspecified atom stereocenters. The van der Waals surface area contributed by atoms with E-state index in [1.807, 2.05) is 0 Å². The highest BCUT2D eigenvalue weighted by atomic mass is 16.6. The van der Waals surface area contributed by atoms with Gasteiger partial charge < -0.3 is 9.47 Å². The van der Waals surface area contributed by atoms with Gasteiger partial charge in [-0.3, -0.25) is 5.32 Å². The fraction of sp³-hybridized carbons (Fsp3) is 0.625. The first kappa shape index (κ1) is 19.2. The van der Waals surface area contributed by atoms with Gasteiger partial charge in [0.15, 0.2) is 6.73 Å². The predicted octanol–water partition coefficient (Wildman–Crippen LogP) is 3.27. The average Bonchev–Trinajstić information content (AvgIpc) is 2.98. The van der Waals surface area contributed by atoms with Crippen molar-refractivity contribution < 1.29 is 19.1 Å². The van der Waals surface area contributed by atoms with Crippen LogP contribution < -0.4 is 5.32 Å². The number of alkyl carbamates (subject to hydrolysis) is 1. The van der Waals surface area contributed by atoms with Gasteiger partial charge >= 0.3 is 12.1 Å². The lowest BCUT2D eigenvalue weighted by molar-refractivity contribution is -0.139. The maximum atomic E-state index is 11.4. The molecule has 5 nitrogen and oxygen atoms in total. The van der Waals surface area contributed by atoms with Crippen LogP contribution in [0.15, 0.2) is 24.3 Å². The van der Waals surface area contributed by atoms with Crippen LogP contribution in [-0.2, 0) is 14.3 Å². The molecule has 0 saturated heterocycles. The number of rotatable bonds is 5. The Balaban J connectivity index is 0.00000200. The molecular formula is C16H27NO4. The fourth-order valence-electron chi connectivity index (χ4n) is 2.60. The number of ether oxygens (including phenoxy) is 2. The van der Waals surface area contributed by atoms with Gasteiger partial charge in [-0.15, -0.1) is 0 Å². The van der Waals surface area contributed by atoms with Gasteiger partial charge in [0.25, 0.3) is 0 Å². The number of esters is 1. The number of hydrogen-bond donors (Lipinski definition) is 1. The van der Waals surface area contributed by atoms with Crippen molar-refractivity contribution in [3.8, 4) is 0 Å². The van der Waals surface area contributed by atoms with Crippen LogP contribution in [0.4, 0.5) is 4.79 Å². The lowest BCUT2D eigenvalue weighted by Gasteiger charge is -2.17. The summed E-state index contributed by atoms with van der Waals surface area (Å²) in [5.41, 5.74) is 0.295. The van der Waals surface area contributed by atoms with E-state index in [4.69, 9.17) is 9.47 Å². The zero-order valence-electron chi connectivity index (χ0n) is 11.1. The molecule has 2 aliphatic carbocycles. The van der Waals surface area contributed by atoms with Gasteiger partial charge in [-0.05, 0) is 31.6 Å². The summed E-state index contributed by atoms with van der Waals surface area (Å²) in [6.45, 7) is 5.21. The summed E-state index contributed by atoms with van der Waals surface area (Å²) in [6.07, 6.45) is 6.19. The molecule has 120 valence electrons. The Bertz CT molecular complexity index is 417. The Hall–Kier alpha value is -1.78. The van der Waals surface area contributed by atoms with Gasteiger partial charge in [0.2, 0.25) is 0 Å². The van der Waals surface area contributed by atoms with Crippen molar-refractivity contribution in [2.75, 3.05) is 13.3 Å². The SMILES string of the molecule is C.C.C=C(C)C(=O)OCNC(=O)OCC1CC2C=CC1C2. The highest BCUT2D eigenvalue weighted by Crippen LogP contribution is 2.43. The van der Waals surface area contributed by atoms with Crippen molar-refractivity contribution in [1.29, 1.82) is 0 Å². The minimum Gasteiger partial charge on any atom is -0.449 e. The summed E-state index contributed by atoms with van der Waals surface area (Å²) >= 11 is 0. The van der Waals surface area contributed by atoms with E-state index in [1.165, 1.54) is 6.42 Å². The summed E-state index contributed by atoms with van der Waals surface area (Å²) in [6, 6.07) is 0. The Morgan fingerprint density at radius 1 is 1.24 bits per heavy atom. The first-order valence-electron chi connectivity index (χ1n) is 6.48. The number of nitrogens with one attached hydrogen (secondary N) is 1. The normalized spacial score (nSPS) is 24.5. The number of hydrogen-bond acceptors (Lipinski definition) is 4. The van der Waals surface area contributed by atoms with Crippen LogP contribution in [0.1, 0.15) is 34.6 Å². The Labute approximate surface area is 127 Å². The molecule has 0 spiro atoms. The van der Waals surface area contributed by atoms with E-state index in [1.54, 1.807) is 6.92 Å². The smallest absolute Gasteiger partial charge is 0.409 e. The summed E-state index contributed by atoms with van der Waals surface area (Å²) in [5, 5.41) is 2.37. The van der Waals surface area contributed by atoms with E-state index in [-0.39, 0.29) is 21.6 Å². The molecule has 0 aromatic carbocycles. The van der Waals surface area contributed by atoms with Gasteiger partial charge in [-0.25, -0.2) is 9.59 Å². The van der Waals surface area contributed by atoms with Gasteiger partial charge in [-0.2, -0.15) is 0 Å². The zero-order chi connectivity index (χ0) is 13.8. The molecule has 1 fully saturated rings. The Morgan fingerprint density at radius 2 is 1.95 bits per heavy atom. The maximum absolute atomic E-state index is 11.4. The fourth-order valence-corrected chi connectivity index (χ4v) is 2.60. The second kappa shape index (κ2) is 8.49. The monoisotopic (exact) mass is 297 g/mol. The summed E-state index contributed by atoms with van der Waals surface area (Å²) in [5.74, 6) is 1.12. The number of allylic oxidation sites excluding steroid dienone is 2. The van der Waals surface area contributed by atoms with E-state index in [9.17, 15) is 9.59 Å². The van der Waals surface area contributed by atoms with Crippen molar-refractivity contribution in [3.05, 3.63) is 24.3 Å². The van der Waals surface area contributed by atoms with Crippen LogP contribution in [0, 0.1) is 17.8 Å². The van der Waals surface area contributed by atoms with E-state index in [0.29, 0.717) is 29.9 Å². The topological polar surface area (TPSA) is 64.6 Å². The number of amides is 1. The molecule has 0 aromatic heterocycles. The van der Waals surface area contributed by atoms with Crippen molar-refractivity contribution in [2.24, 2.45) is 17.8 Å². The number of carbonyl (C=O) groups excluding carboxylic acids is 2. The minimum atomic E-state index is -0.554. The molecule has 0 radical (unpaired) electrons. The summed E-state index contributed by atoms with van der Waals surface area (Å²) in [7, 11) is 0. The molecular weight excluding hydrogens is 270 g/mol. The molecule has 3 atom stereocenters. The lowest BCUT2D eigenvalue weighted by atomic mass is 9.95. The zero-order valence-corrected chi connectivity index (χ0v) is 11.1. The van der Waals surface area contributed by atoms with Crippen LogP contribution in [0.2, 0.25) is 0 Å². The number of carbonyl (C=O) groups is 2. The van der Waals surface area contributed by atoms with Crippen molar-refractivity contribution >= 4 is 12.1 Å². The second-order valence-electron chi connectivity index (χ2n) is 5.17. The Morgan fingerprint density at radius 3 is 2.48 bits per heavy atom. The number of fused-ring (bicyclic) bond motifs is 2. The molecule has 5 heteroatoms. The van der Waals surface area contributed by atoms with E-state index < -0.39 is 12.1 Å². The molecule has 0 heterocycles.